The van der Waals surface area contributed by atoms with Crippen LogP contribution in [0, 0.1) is 0 Å². The standard InChI is InChI=1S/C13H18N2O3S/c1-2-19(17,18)12-5-3-10(4-6-12)13(16)15-11-7-8-14-9-11/h3-6,11,14H,2,7-9H2,1H3,(H,15,16). The van der Waals surface area contributed by atoms with E-state index in [-0.39, 0.29) is 22.6 Å². The molecule has 19 heavy (non-hydrogen) atoms. The molecule has 2 N–H and O–H groups in total. The summed E-state index contributed by atoms with van der Waals surface area (Å²) in [6.07, 6.45) is 0.925. The van der Waals surface area contributed by atoms with Gasteiger partial charge in [0.2, 0.25) is 0 Å². The third kappa shape index (κ3) is 3.33. The van der Waals surface area contributed by atoms with Crippen LogP contribution in [-0.2, 0) is 9.84 Å². The Kier molecular flexibility index (Phi) is 4.21. The van der Waals surface area contributed by atoms with Crippen molar-refractivity contribution >= 4 is 15.7 Å². The Hall–Kier alpha value is -1.40. The minimum absolute atomic E-state index is 0.0618. The number of amides is 1. The first kappa shape index (κ1) is 14.0. The van der Waals surface area contributed by atoms with E-state index >= 15 is 0 Å². The molecule has 0 radical (unpaired) electrons. The van der Waals surface area contributed by atoms with E-state index < -0.39 is 9.84 Å². The van der Waals surface area contributed by atoms with E-state index in [2.05, 4.69) is 10.6 Å². The SMILES string of the molecule is CCS(=O)(=O)c1ccc(C(=O)NC2CCNC2)cc1. The molecule has 1 aliphatic rings. The third-order valence-electron chi connectivity index (χ3n) is 3.25. The molecule has 1 amide bonds. The van der Waals surface area contributed by atoms with Gasteiger partial charge in [0.05, 0.1) is 10.6 Å². The van der Waals surface area contributed by atoms with Crippen LogP contribution < -0.4 is 10.6 Å². The van der Waals surface area contributed by atoms with Crippen LogP contribution in [-0.4, -0.2) is 39.2 Å². The maximum atomic E-state index is 11.9. The van der Waals surface area contributed by atoms with Crippen molar-refractivity contribution in [1.29, 1.82) is 0 Å². The van der Waals surface area contributed by atoms with Crippen molar-refractivity contribution in [2.24, 2.45) is 0 Å². The van der Waals surface area contributed by atoms with Crippen LogP contribution >= 0.6 is 0 Å². The zero-order valence-corrected chi connectivity index (χ0v) is 11.7. The van der Waals surface area contributed by atoms with Crippen LogP contribution in [0.15, 0.2) is 29.2 Å². The predicted octanol–water partition coefficient (Wildman–Crippen LogP) is 0.572. The molecule has 1 aromatic carbocycles. The molecule has 2 rings (SSSR count). The van der Waals surface area contributed by atoms with Crippen LogP contribution in [0.5, 0.6) is 0 Å². The molecule has 1 fully saturated rings. The lowest BCUT2D eigenvalue weighted by Gasteiger charge is -2.11. The van der Waals surface area contributed by atoms with Crippen molar-refractivity contribution in [3.05, 3.63) is 29.8 Å². The van der Waals surface area contributed by atoms with Crippen LogP contribution in [0.25, 0.3) is 0 Å². The molecule has 1 aliphatic heterocycles. The van der Waals surface area contributed by atoms with Gasteiger partial charge in [-0.3, -0.25) is 4.79 Å². The summed E-state index contributed by atoms with van der Waals surface area (Å²) in [6.45, 7) is 3.30. The monoisotopic (exact) mass is 282 g/mol. The number of nitrogens with one attached hydrogen (secondary N) is 2. The van der Waals surface area contributed by atoms with Crippen molar-refractivity contribution in [3.63, 3.8) is 0 Å². The first-order valence-electron chi connectivity index (χ1n) is 6.37. The molecule has 1 atom stereocenters. The van der Waals surface area contributed by atoms with E-state index in [1.165, 1.54) is 12.1 Å². The molecule has 0 aromatic heterocycles. The highest BCUT2D eigenvalue weighted by atomic mass is 32.2. The van der Waals surface area contributed by atoms with E-state index in [4.69, 9.17) is 0 Å². The maximum absolute atomic E-state index is 11.9. The lowest BCUT2D eigenvalue weighted by molar-refractivity contribution is 0.0940. The summed E-state index contributed by atoms with van der Waals surface area (Å²) in [4.78, 5) is 12.2. The van der Waals surface area contributed by atoms with Gasteiger partial charge in [-0.1, -0.05) is 6.92 Å². The van der Waals surface area contributed by atoms with Crippen LogP contribution in [0.1, 0.15) is 23.7 Å². The highest BCUT2D eigenvalue weighted by Crippen LogP contribution is 2.12. The molecule has 1 aromatic rings. The highest BCUT2D eigenvalue weighted by molar-refractivity contribution is 7.91. The lowest BCUT2D eigenvalue weighted by atomic mass is 10.2. The first-order valence-corrected chi connectivity index (χ1v) is 8.02. The van der Waals surface area contributed by atoms with Crippen LogP contribution in [0.4, 0.5) is 0 Å². The smallest absolute Gasteiger partial charge is 0.251 e. The minimum Gasteiger partial charge on any atom is -0.348 e. The van der Waals surface area contributed by atoms with Gasteiger partial charge in [-0.05, 0) is 37.2 Å². The highest BCUT2D eigenvalue weighted by Gasteiger charge is 2.18. The molecule has 5 nitrogen and oxygen atoms in total. The van der Waals surface area contributed by atoms with Gasteiger partial charge in [-0.25, -0.2) is 8.42 Å². The zero-order chi connectivity index (χ0) is 13.9. The number of sulfone groups is 1. The maximum Gasteiger partial charge on any atom is 0.251 e. The summed E-state index contributed by atoms with van der Waals surface area (Å²) < 4.78 is 23.3. The van der Waals surface area contributed by atoms with Gasteiger partial charge in [0, 0.05) is 18.2 Å². The fourth-order valence-electron chi connectivity index (χ4n) is 2.03. The Bertz CT molecular complexity index is 546. The number of carbonyl (C=O) groups excluding carboxylic acids is 1. The van der Waals surface area contributed by atoms with Crippen molar-refractivity contribution in [1.82, 2.24) is 10.6 Å². The summed E-state index contributed by atoms with van der Waals surface area (Å²) in [5.41, 5.74) is 0.488. The first-order chi connectivity index (χ1) is 9.03. The minimum atomic E-state index is -3.20. The molecule has 1 unspecified atom stereocenters. The Morgan fingerprint density at radius 2 is 2.05 bits per heavy atom. The molecule has 0 spiro atoms. The van der Waals surface area contributed by atoms with Crippen molar-refractivity contribution in [2.45, 2.75) is 24.3 Å². The average molecular weight is 282 g/mol. The molecular weight excluding hydrogens is 264 g/mol. The summed E-state index contributed by atoms with van der Waals surface area (Å²) in [5.74, 6) is -0.0964. The number of hydrogen-bond donors (Lipinski definition) is 2. The van der Waals surface area contributed by atoms with Crippen molar-refractivity contribution < 1.29 is 13.2 Å². The molecule has 0 saturated carbocycles. The molecule has 104 valence electrons. The Morgan fingerprint density at radius 1 is 1.37 bits per heavy atom. The van der Waals surface area contributed by atoms with Crippen LogP contribution in [0.3, 0.4) is 0 Å². The summed E-state index contributed by atoms with van der Waals surface area (Å²) in [5, 5.41) is 6.09. The van der Waals surface area contributed by atoms with Gasteiger partial charge < -0.3 is 10.6 Å². The molecule has 1 heterocycles. The van der Waals surface area contributed by atoms with E-state index in [1.54, 1.807) is 19.1 Å². The number of hydrogen-bond acceptors (Lipinski definition) is 4. The summed E-state index contributed by atoms with van der Waals surface area (Å²) in [7, 11) is -3.20. The molecular formula is C13H18N2O3S. The Labute approximate surface area is 113 Å². The molecule has 0 bridgehead atoms. The molecule has 1 saturated heterocycles. The number of rotatable bonds is 4. The van der Waals surface area contributed by atoms with E-state index in [1.807, 2.05) is 0 Å². The topological polar surface area (TPSA) is 75.3 Å². The van der Waals surface area contributed by atoms with Gasteiger partial charge in [-0.2, -0.15) is 0 Å². The molecule has 0 aliphatic carbocycles. The average Bonchev–Trinajstić information content (AvgIpc) is 2.91. The van der Waals surface area contributed by atoms with Gasteiger partial charge >= 0.3 is 0 Å². The summed E-state index contributed by atoms with van der Waals surface area (Å²) in [6, 6.07) is 6.24. The van der Waals surface area contributed by atoms with E-state index in [9.17, 15) is 13.2 Å². The normalized spacial score (nSPS) is 19.3. The molecule has 6 heteroatoms. The zero-order valence-electron chi connectivity index (χ0n) is 10.8. The van der Waals surface area contributed by atoms with Gasteiger partial charge in [-0.15, -0.1) is 0 Å². The second-order valence-corrected chi connectivity index (χ2v) is 6.87. The fraction of sp³-hybridized carbons (Fsp3) is 0.462. The Balaban J connectivity index is 2.07. The number of benzene rings is 1. The quantitative estimate of drug-likeness (QED) is 0.846. The Morgan fingerprint density at radius 3 is 2.58 bits per heavy atom. The number of carbonyl (C=O) groups is 1. The fourth-order valence-corrected chi connectivity index (χ4v) is 2.91. The summed E-state index contributed by atoms with van der Waals surface area (Å²) >= 11 is 0. The lowest BCUT2D eigenvalue weighted by Crippen LogP contribution is -2.36. The van der Waals surface area contributed by atoms with E-state index in [0.29, 0.717) is 5.56 Å². The van der Waals surface area contributed by atoms with E-state index in [0.717, 1.165) is 19.5 Å². The second-order valence-electron chi connectivity index (χ2n) is 4.59. The van der Waals surface area contributed by atoms with Gasteiger partial charge in [0.15, 0.2) is 9.84 Å². The van der Waals surface area contributed by atoms with Crippen molar-refractivity contribution in [3.8, 4) is 0 Å². The van der Waals surface area contributed by atoms with Gasteiger partial charge in [0.1, 0.15) is 0 Å². The second kappa shape index (κ2) is 5.71. The van der Waals surface area contributed by atoms with Crippen LogP contribution in [0.2, 0.25) is 0 Å². The van der Waals surface area contributed by atoms with Gasteiger partial charge in [0.25, 0.3) is 5.91 Å². The third-order valence-corrected chi connectivity index (χ3v) is 5.00. The predicted molar refractivity (Wildman–Crippen MR) is 72.9 cm³/mol. The van der Waals surface area contributed by atoms with Crippen molar-refractivity contribution in [2.75, 3.05) is 18.8 Å². The largest absolute Gasteiger partial charge is 0.348 e.